The molecule has 4 rings (SSSR count). The summed E-state index contributed by atoms with van der Waals surface area (Å²) < 4.78 is 28.0. The van der Waals surface area contributed by atoms with Gasteiger partial charge in [-0.15, -0.1) is 0 Å². The predicted molar refractivity (Wildman–Crippen MR) is 127 cm³/mol. The minimum atomic E-state index is -3.77. The van der Waals surface area contributed by atoms with Crippen molar-refractivity contribution in [3.8, 4) is 0 Å². The van der Waals surface area contributed by atoms with Crippen molar-refractivity contribution in [1.29, 1.82) is 0 Å². The van der Waals surface area contributed by atoms with E-state index in [2.05, 4.69) is 10.0 Å². The molecule has 3 aromatic carbocycles. The number of nitrogens with one attached hydrogen (secondary N) is 2. The molecule has 8 heteroatoms. The van der Waals surface area contributed by atoms with Crippen LogP contribution in [-0.4, -0.2) is 31.7 Å². The van der Waals surface area contributed by atoms with E-state index in [4.69, 9.17) is 0 Å². The molecule has 33 heavy (non-hydrogen) atoms. The highest BCUT2D eigenvalue weighted by Crippen LogP contribution is 2.21. The molecular formula is C25H25N3O4S. The van der Waals surface area contributed by atoms with Crippen LogP contribution in [0.4, 0.5) is 11.4 Å². The molecule has 3 aromatic rings. The molecule has 1 aliphatic rings. The number of carbonyl (C=O) groups is 2. The monoisotopic (exact) mass is 463 g/mol. The van der Waals surface area contributed by atoms with E-state index in [1.54, 1.807) is 18.2 Å². The largest absolute Gasteiger partial charge is 0.338 e. The van der Waals surface area contributed by atoms with Crippen molar-refractivity contribution < 1.29 is 18.0 Å². The van der Waals surface area contributed by atoms with Crippen molar-refractivity contribution in [2.75, 3.05) is 16.6 Å². The minimum Gasteiger partial charge on any atom is -0.338 e. The minimum absolute atomic E-state index is 0.0691. The highest BCUT2D eigenvalue weighted by Gasteiger charge is 2.20. The first-order valence-corrected chi connectivity index (χ1v) is 12.2. The molecule has 1 saturated heterocycles. The molecule has 0 saturated carbocycles. The summed E-state index contributed by atoms with van der Waals surface area (Å²) in [5.41, 5.74) is 3.21. The first kappa shape index (κ1) is 22.5. The number of anilines is 2. The number of rotatable bonds is 7. The Labute approximate surface area is 193 Å². The van der Waals surface area contributed by atoms with Crippen LogP contribution in [0.5, 0.6) is 0 Å². The quantitative estimate of drug-likeness (QED) is 0.550. The lowest BCUT2D eigenvalue weighted by Gasteiger charge is -2.16. The molecule has 1 fully saturated rings. The molecular weight excluding hydrogens is 438 g/mol. The lowest BCUT2D eigenvalue weighted by atomic mass is 10.1. The van der Waals surface area contributed by atoms with Crippen LogP contribution < -0.4 is 10.0 Å². The van der Waals surface area contributed by atoms with E-state index in [-0.39, 0.29) is 16.7 Å². The van der Waals surface area contributed by atoms with Crippen molar-refractivity contribution in [2.24, 2.45) is 0 Å². The van der Waals surface area contributed by atoms with Crippen LogP contribution in [-0.2, 0) is 21.4 Å². The van der Waals surface area contributed by atoms with Gasteiger partial charge in [0.15, 0.2) is 0 Å². The summed E-state index contributed by atoms with van der Waals surface area (Å²) >= 11 is 0. The second-order valence-electron chi connectivity index (χ2n) is 8.02. The van der Waals surface area contributed by atoms with Crippen molar-refractivity contribution in [1.82, 2.24) is 4.90 Å². The number of hydrogen-bond acceptors (Lipinski definition) is 4. The zero-order valence-corrected chi connectivity index (χ0v) is 19.1. The summed E-state index contributed by atoms with van der Waals surface area (Å²) in [5, 5.41) is 2.83. The third-order valence-corrected chi connectivity index (χ3v) is 6.93. The van der Waals surface area contributed by atoms with Crippen LogP contribution in [0.3, 0.4) is 0 Å². The van der Waals surface area contributed by atoms with Crippen molar-refractivity contribution in [3.05, 3.63) is 89.5 Å². The van der Waals surface area contributed by atoms with Gasteiger partial charge in [0.2, 0.25) is 5.91 Å². The normalized spacial score (nSPS) is 13.7. The van der Waals surface area contributed by atoms with Gasteiger partial charge >= 0.3 is 0 Å². The number of sulfonamides is 1. The van der Waals surface area contributed by atoms with E-state index in [9.17, 15) is 18.0 Å². The predicted octanol–water partition coefficient (Wildman–Crippen LogP) is 4.17. The highest BCUT2D eigenvalue weighted by atomic mass is 32.2. The number of amides is 2. The van der Waals surface area contributed by atoms with Gasteiger partial charge in [-0.25, -0.2) is 8.42 Å². The fourth-order valence-electron chi connectivity index (χ4n) is 3.72. The second-order valence-corrected chi connectivity index (χ2v) is 9.70. The average molecular weight is 464 g/mol. The maximum atomic E-state index is 12.7. The van der Waals surface area contributed by atoms with Gasteiger partial charge in [-0.3, -0.25) is 14.3 Å². The molecule has 1 aliphatic heterocycles. The van der Waals surface area contributed by atoms with E-state index < -0.39 is 10.0 Å². The summed E-state index contributed by atoms with van der Waals surface area (Å²) in [6.45, 7) is 3.09. The maximum Gasteiger partial charge on any atom is 0.261 e. The van der Waals surface area contributed by atoms with Gasteiger partial charge in [-0.1, -0.05) is 30.3 Å². The van der Waals surface area contributed by atoms with Crippen LogP contribution in [0.1, 0.15) is 34.3 Å². The molecule has 0 aromatic heterocycles. The number of hydrogen-bond donors (Lipinski definition) is 2. The van der Waals surface area contributed by atoms with Crippen LogP contribution in [0.2, 0.25) is 0 Å². The lowest BCUT2D eigenvalue weighted by molar-refractivity contribution is -0.128. The van der Waals surface area contributed by atoms with Gasteiger partial charge in [-0.05, 0) is 66.9 Å². The SMILES string of the molecule is Cc1ccccc1NS(=O)(=O)c1ccc(C(=O)Nc2cccc(CN3CCCC3=O)c2)cc1. The van der Waals surface area contributed by atoms with Gasteiger partial charge in [0.25, 0.3) is 15.9 Å². The van der Waals surface area contributed by atoms with Crippen LogP contribution >= 0.6 is 0 Å². The molecule has 2 amide bonds. The number of likely N-dealkylation sites (tertiary alicyclic amines) is 1. The molecule has 7 nitrogen and oxygen atoms in total. The fourth-order valence-corrected chi connectivity index (χ4v) is 4.85. The molecule has 0 aliphatic carbocycles. The summed E-state index contributed by atoms with van der Waals surface area (Å²) in [4.78, 5) is 26.4. The Morgan fingerprint density at radius 3 is 2.45 bits per heavy atom. The van der Waals surface area contributed by atoms with Crippen LogP contribution in [0.25, 0.3) is 0 Å². The van der Waals surface area contributed by atoms with Gasteiger partial charge in [0.1, 0.15) is 0 Å². The zero-order valence-electron chi connectivity index (χ0n) is 18.2. The molecule has 0 unspecified atom stereocenters. The first-order chi connectivity index (χ1) is 15.8. The molecule has 0 bridgehead atoms. The first-order valence-electron chi connectivity index (χ1n) is 10.7. The molecule has 0 radical (unpaired) electrons. The maximum absolute atomic E-state index is 12.7. The van der Waals surface area contributed by atoms with Gasteiger partial charge < -0.3 is 10.2 Å². The van der Waals surface area contributed by atoms with Crippen molar-refractivity contribution in [2.45, 2.75) is 31.2 Å². The van der Waals surface area contributed by atoms with Gasteiger partial charge in [0.05, 0.1) is 10.6 Å². The Morgan fingerprint density at radius 2 is 1.76 bits per heavy atom. The van der Waals surface area contributed by atoms with Gasteiger partial charge in [-0.2, -0.15) is 0 Å². The smallest absolute Gasteiger partial charge is 0.261 e. The third-order valence-electron chi connectivity index (χ3n) is 5.55. The summed E-state index contributed by atoms with van der Waals surface area (Å²) in [6, 6.07) is 20.3. The molecule has 1 heterocycles. The number of para-hydroxylation sites is 1. The average Bonchev–Trinajstić information content (AvgIpc) is 3.20. The van der Waals surface area contributed by atoms with Crippen molar-refractivity contribution >= 4 is 33.2 Å². The second kappa shape index (κ2) is 9.46. The van der Waals surface area contributed by atoms with E-state index in [0.717, 1.165) is 24.1 Å². The Morgan fingerprint density at radius 1 is 1.00 bits per heavy atom. The molecule has 2 N–H and O–H groups in total. The van der Waals surface area contributed by atoms with E-state index in [0.29, 0.717) is 29.9 Å². The fraction of sp³-hybridized carbons (Fsp3) is 0.200. The highest BCUT2D eigenvalue weighted by molar-refractivity contribution is 7.92. The third kappa shape index (κ3) is 5.40. The topological polar surface area (TPSA) is 95.6 Å². The number of benzene rings is 3. The molecule has 0 spiro atoms. The number of nitrogens with zero attached hydrogens (tertiary/aromatic N) is 1. The number of aryl methyl sites for hydroxylation is 1. The molecule has 170 valence electrons. The summed E-state index contributed by atoms with van der Waals surface area (Å²) in [7, 11) is -3.77. The zero-order chi connectivity index (χ0) is 23.4. The Bertz CT molecular complexity index is 1290. The van der Waals surface area contributed by atoms with Crippen LogP contribution in [0, 0.1) is 6.92 Å². The molecule has 0 atom stereocenters. The van der Waals surface area contributed by atoms with Crippen LogP contribution in [0.15, 0.2) is 77.7 Å². The summed E-state index contributed by atoms with van der Waals surface area (Å²) in [5.74, 6) is -0.198. The Balaban J connectivity index is 1.43. The lowest BCUT2D eigenvalue weighted by Crippen LogP contribution is -2.23. The number of carbonyl (C=O) groups excluding carboxylic acids is 2. The van der Waals surface area contributed by atoms with E-state index in [1.165, 1.54) is 24.3 Å². The van der Waals surface area contributed by atoms with Gasteiger partial charge in [0, 0.05) is 30.8 Å². The standard InChI is InChI=1S/C25H25N3O4S/c1-18-6-2-3-9-23(18)27-33(31,32)22-13-11-20(12-14-22)25(30)26-21-8-4-7-19(16-21)17-28-15-5-10-24(28)29/h2-4,6-9,11-14,16,27H,5,10,15,17H2,1H3,(H,26,30). The Hall–Kier alpha value is -3.65. The Kier molecular flexibility index (Phi) is 6.46. The van der Waals surface area contributed by atoms with Crippen molar-refractivity contribution in [3.63, 3.8) is 0 Å². The van der Waals surface area contributed by atoms with E-state index in [1.807, 2.05) is 42.2 Å². The summed E-state index contributed by atoms with van der Waals surface area (Å²) in [6.07, 6.45) is 1.46. The van der Waals surface area contributed by atoms with E-state index >= 15 is 0 Å².